The smallest absolute Gasteiger partial charge is 0.236 e. The maximum atomic E-state index is 12.6. The SMILES string of the molecule is CC(=O)Nc1cccc2c1CCN(S(=O)(=O)/C=C/c1ccc(Cl)cc1)C2. The minimum absolute atomic E-state index is 0.139. The molecule has 1 aliphatic heterocycles. The first kappa shape index (κ1) is 18.6. The van der Waals surface area contributed by atoms with Gasteiger partial charge in [0.2, 0.25) is 15.9 Å². The molecule has 0 atom stereocenters. The Morgan fingerprint density at radius 1 is 1.19 bits per heavy atom. The predicted molar refractivity (Wildman–Crippen MR) is 104 cm³/mol. The summed E-state index contributed by atoms with van der Waals surface area (Å²) in [5, 5.41) is 4.63. The van der Waals surface area contributed by atoms with Crippen LogP contribution in [0.25, 0.3) is 6.08 Å². The molecule has 0 fully saturated rings. The number of hydrogen-bond donors (Lipinski definition) is 1. The third kappa shape index (κ3) is 4.33. The van der Waals surface area contributed by atoms with Gasteiger partial charge in [0.25, 0.3) is 0 Å². The second kappa shape index (κ2) is 7.61. The highest BCUT2D eigenvalue weighted by Crippen LogP contribution is 2.28. The van der Waals surface area contributed by atoms with E-state index in [0.29, 0.717) is 18.0 Å². The van der Waals surface area contributed by atoms with Crippen molar-refractivity contribution in [3.63, 3.8) is 0 Å². The van der Waals surface area contributed by atoms with Gasteiger partial charge in [-0.25, -0.2) is 8.42 Å². The lowest BCUT2D eigenvalue weighted by molar-refractivity contribution is -0.114. The van der Waals surface area contributed by atoms with Crippen molar-refractivity contribution in [3.8, 4) is 0 Å². The van der Waals surface area contributed by atoms with Gasteiger partial charge in [-0.1, -0.05) is 35.9 Å². The van der Waals surface area contributed by atoms with Crippen LogP contribution >= 0.6 is 11.6 Å². The van der Waals surface area contributed by atoms with Gasteiger partial charge in [0.05, 0.1) is 0 Å². The molecule has 0 saturated carbocycles. The first-order valence-electron chi connectivity index (χ1n) is 8.17. The van der Waals surface area contributed by atoms with Gasteiger partial charge in [-0.05, 0) is 47.4 Å². The van der Waals surface area contributed by atoms with Gasteiger partial charge in [0, 0.05) is 36.1 Å². The molecule has 7 heteroatoms. The summed E-state index contributed by atoms with van der Waals surface area (Å²) in [6, 6.07) is 12.5. The maximum Gasteiger partial charge on any atom is 0.236 e. The molecule has 2 aromatic carbocycles. The molecule has 3 rings (SSSR count). The number of nitrogens with one attached hydrogen (secondary N) is 1. The van der Waals surface area contributed by atoms with Crippen LogP contribution in [0.2, 0.25) is 5.02 Å². The Kier molecular flexibility index (Phi) is 5.46. The van der Waals surface area contributed by atoms with E-state index in [1.165, 1.54) is 16.6 Å². The molecule has 0 unspecified atom stereocenters. The van der Waals surface area contributed by atoms with Crippen molar-refractivity contribution in [1.29, 1.82) is 0 Å². The fraction of sp³-hybridized carbons (Fsp3) is 0.211. The van der Waals surface area contributed by atoms with Gasteiger partial charge in [0.15, 0.2) is 0 Å². The summed E-state index contributed by atoms with van der Waals surface area (Å²) in [5.74, 6) is -0.139. The van der Waals surface area contributed by atoms with Crippen molar-refractivity contribution in [2.24, 2.45) is 0 Å². The van der Waals surface area contributed by atoms with E-state index in [9.17, 15) is 13.2 Å². The van der Waals surface area contributed by atoms with E-state index >= 15 is 0 Å². The highest BCUT2D eigenvalue weighted by molar-refractivity contribution is 7.92. The molecule has 5 nitrogen and oxygen atoms in total. The van der Waals surface area contributed by atoms with E-state index in [-0.39, 0.29) is 12.5 Å². The summed E-state index contributed by atoms with van der Waals surface area (Å²) in [6.07, 6.45) is 2.12. The largest absolute Gasteiger partial charge is 0.326 e. The number of hydrogen-bond acceptors (Lipinski definition) is 3. The highest BCUT2D eigenvalue weighted by Gasteiger charge is 2.26. The number of carbonyl (C=O) groups is 1. The molecule has 0 radical (unpaired) electrons. The minimum atomic E-state index is -3.54. The first-order valence-corrected chi connectivity index (χ1v) is 10.1. The number of amides is 1. The molecule has 0 bridgehead atoms. The number of sulfonamides is 1. The number of nitrogens with zero attached hydrogens (tertiary/aromatic N) is 1. The normalized spacial score (nSPS) is 15.0. The highest BCUT2D eigenvalue weighted by atomic mass is 35.5. The van der Waals surface area contributed by atoms with E-state index in [2.05, 4.69) is 5.32 Å². The van der Waals surface area contributed by atoms with E-state index in [4.69, 9.17) is 11.6 Å². The predicted octanol–water partition coefficient (Wildman–Crippen LogP) is 3.66. The molecular formula is C19H19ClN2O3S. The molecule has 1 amide bonds. The molecule has 1 N–H and O–H groups in total. The molecule has 0 aliphatic carbocycles. The van der Waals surface area contributed by atoms with Gasteiger partial charge in [-0.15, -0.1) is 0 Å². The molecule has 0 spiro atoms. The topological polar surface area (TPSA) is 66.5 Å². The number of rotatable bonds is 4. The zero-order chi connectivity index (χ0) is 18.7. The molecule has 0 aromatic heterocycles. The second-order valence-corrected chi connectivity index (χ2v) is 8.36. The van der Waals surface area contributed by atoms with Crippen LogP contribution < -0.4 is 5.32 Å². The lowest BCUT2D eigenvalue weighted by Crippen LogP contribution is -2.35. The van der Waals surface area contributed by atoms with Crippen LogP contribution in [0.15, 0.2) is 47.9 Å². The van der Waals surface area contributed by atoms with Gasteiger partial charge in [-0.3, -0.25) is 4.79 Å². The second-order valence-electron chi connectivity index (χ2n) is 6.11. The molecule has 26 heavy (non-hydrogen) atoms. The van der Waals surface area contributed by atoms with Gasteiger partial charge >= 0.3 is 0 Å². The summed E-state index contributed by atoms with van der Waals surface area (Å²) in [4.78, 5) is 11.3. The number of anilines is 1. The van der Waals surface area contributed by atoms with Crippen molar-refractivity contribution in [2.75, 3.05) is 11.9 Å². The molecule has 1 heterocycles. The van der Waals surface area contributed by atoms with E-state index in [1.54, 1.807) is 30.3 Å². The van der Waals surface area contributed by atoms with Crippen molar-refractivity contribution in [1.82, 2.24) is 4.31 Å². The number of fused-ring (bicyclic) bond motifs is 1. The third-order valence-electron chi connectivity index (χ3n) is 4.20. The Hall–Kier alpha value is -2.15. The Morgan fingerprint density at radius 2 is 1.92 bits per heavy atom. The summed E-state index contributed by atoms with van der Waals surface area (Å²) < 4.78 is 26.7. The van der Waals surface area contributed by atoms with Crippen LogP contribution in [0.3, 0.4) is 0 Å². The quantitative estimate of drug-likeness (QED) is 0.866. The molecular weight excluding hydrogens is 372 g/mol. The molecule has 136 valence electrons. The van der Waals surface area contributed by atoms with Crippen LogP contribution in [0.4, 0.5) is 5.69 Å². The van der Waals surface area contributed by atoms with E-state index < -0.39 is 10.0 Å². The Balaban J connectivity index is 1.79. The van der Waals surface area contributed by atoms with Gasteiger partial charge < -0.3 is 5.32 Å². The maximum absolute atomic E-state index is 12.6. The average molecular weight is 391 g/mol. The fourth-order valence-corrected chi connectivity index (χ4v) is 4.22. The van der Waals surface area contributed by atoms with Gasteiger partial charge in [0.1, 0.15) is 0 Å². The lowest BCUT2D eigenvalue weighted by Gasteiger charge is -2.28. The molecule has 0 saturated heterocycles. The van der Waals surface area contributed by atoms with Crippen LogP contribution in [0.1, 0.15) is 23.6 Å². The fourth-order valence-electron chi connectivity index (χ4n) is 2.93. The van der Waals surface area contributed by atoms with Crippen molar-refractivity contribution in [3.05, 3.63) is 69.6 Å². The Morgan fingerprint density at radius 3 is 2.62 bits per heavy atom. The zero-order valence-corrected chi connectivity index (χ0v) is 15.8. The Bertz CT molecular complexity index is 953. The van der Waals surface area contributed by atoms with Crippen molar-refractivity contribution in [2.45, 2.75) is 19.9 Å². The van der Waals surface area contributed by atoms with Crippen LogP contribution in [0, 0.1) is 0 Å². The van der Waals surface area contributed by atoms with E-state index in [0.717, 1.165) is 22.4 Å². The standard InChI is InChI=1S/C19H19ClN2O3S/c1-14(23)21-19-4-2-3-16-13-22(11-9-18(16)19)26(24,25)12-10-15-5-7-17(20)8-6-15/h2-8,10,12H,9,11,13H2,1H3,(H,21,23)/b12-10+. The molecule has 1 aliphatic rings. The monoisotopic (exact) mass is 390 g/mol. The average Bonchev–Trinajstić information content (AvgIpc) is 2.61. The van der Waals surface area contributed by atoms with Crippen LogP contribution in [0.5, 0.6) is 0 Å². The van der Waals surface area contributed by atoms with Crippen molar-refractivity contribution >= 4 is 39.3 Å². The third-order valence-corrected chi connectivity index (χ3v) is 5.97. The Labute approximate surface area is 158 Å². The summed E-state index contributed by atoms with van der Waals surface area (Å²) in [5.41, 5.74) is 3.42. The summed E-state index contributed by atoms with van der Waals surface area (Å²) in [6.45, 7) is 2.12. The number of benzene rings is 2. The zero-order valence-electron chi connectivity index (χ0n) is 14.3. The van der Waals surface area contributed by atoms with Crippen LogP contribution in [-0.4, -0.2) is 25.2 Å². The molecule has 2 aromatic rings. The minimum Gasteiger partial charge on any atom is -0.326 e. The van der Waals surface area contributed by atoms with Crippen molar-refractivity contribution < 1.29 is 13.2 Å². The number of halogens is 1. The van der Waals surface area contributed by atoms with E-state index in [1.807, 2.05) is 18.2 Å². The number of carbonyl (C=O) groups excluding carboxylic acids is 1. The summed E-state index contributed by atoms with van der Waals surface area (Å²) in [7, 11) is -3.54. The van der Waals surface area contributed by atoms with Gasteiger partial charge in [-0.2, -0.15) is 4.31 Å². The van der Waals surface area contributed by atoms with Crippen LogP contribution in [-0.2, 0) is 27.8 Å². The lowest BCUT2D eigenvalue weighted by atomic mass is 9.99. The first-order chi connectivity index (χ1) is 12.3. The summed E-state index contributed by atoms with van der Waals surface area (Å²) >= 11 is 5.84.